The van der Waals surface area contributed by atoms with E-state index in [-0.39, 0.29) is 17.4 Å². The number of carbonyl (C=O) groups is 1. The molecule has 0 atom stereocenters. The van der Waals surface area contributed by atoms with Gasteiger partial charge in [-0.3, -0.25) is 4.79 Å². The maximum absolute atomic E-state index is 12.0. The molecule has 6 nitrogen and oxygen atoms in total. The van der Waals surface area contributed by atoms with Crippen LogP contribution in [0, 0.1) is 13.8 Å². The summed E-state index contributed by atoms with van der Waals surface area (Å²) in [6.07, 6.45) is 0.716. The number of amides is 1. The Hall–Kier alpha value is -2.38. The van der Waals surface area contributed by atoms with Gasteiger partial charge in [0.1, 0.15) is 5.75 Å². The predicted molar refractivity (Wildman–Crippen MR) is 102 cm³/mol. The second-order valence-electron chi connectivity index (χ2n) is 6.08. The van der Waals surface area contributed by atoms with Gasteiger partial charge in [0.15, 0.2) is 6.61 Å². The normalized spacial score (nSPS) is 11.2. The quantitative estimate of drug-likeness (QED) is 0.742. The van der Waals surface area contributed by atoms with E-state index in [1.54, 1.807) is 12.1 Å². The number of sulfonamides is 1. The summed E-state index contributed by atoms with van der Waals surface area (Å²) < 4.78 is 32.0. The molecule has 0 aromatic heterocycles. The Morgan fingerprint density at radius 2 is 1.65 bits per heavy atom. The van der Waals surface area contributed by atoms with Crippen molar-refractivity contribution in [1.29, 1.82) is 0 Å². The molecule has 0 fully saturated rings. The van der Waals surface area contributed by atoms with Crippen molar-refractivity contribution in [1.82, 2.24) is 4.72 Å². The van der Waals surface area contributed by atoms with E-state index < -0.39 is 10.0 Å². The van der Waals surface area contributed by atoms with Crippen molar-refractivity contribution in [2.45, 2.75) is 32.1 Å². The lowest BCUT2D eigenvalue weighted by Crippen LogP contribution is -2.24. The molecule has 0 aliphatic heterocycles. The van der Waals surface area contributed by atoms with Gasteiger partial charge in [-0.2, -0.15) is 0 Å². The third-order valence-electron chi connectivity index (χ3n) is 3.56. The fourth-order valence-electron chi connectivity index (χ4n) is 2.40. The molecule has 0 unspecified atom stereocenters. The van der Waals surface area contributed by atoms with Crippen LogP contribution in [0.25, 0.3) is 0 Å². The van der Waals surface area contributed by atoms with Crippen molar-refractivity contribution in [2.24, 2.45) is 0 Å². The predicted octanol–water partition coefficient (Wildman–Crippen LogP) is 3.01. The molecular formula is C19H24N2O4S. The first kappa shape index (κ1) is 19.9. The SMILES string of the molecule is CCCNS(=O)(=O)c1ccc(NC(=O)COc2cc(C)cc(C)c2)cc1. The monoisotopic (exact) mass is 376 g/mol. The number of aryl methyl sites for hydroxylation is 2. The summed E-state index contributed by atoms with van der Waals surface area (Å²) in [4.78, 5) is 12.2. The van der Waals surface area contributed by atoms with E-state index in [1.807, 2.05) is 39.0 Å². The van der Waals surface area contributed by atoms with E-state index >= 15 is 0 Å². The van der Waals surface area contributed by atoms with Crippen molar-refractivity contribution in [3.8, 4) is 5.75 Å². The number of ether oxygens (including phenoxy) is 1. The van der Waals surface area contributed by atoms with Gasteiger partial charge in [0, 0.05) is 12.2 Å². The van der Waals surface area contributed by atoms with Crippen molar-refractivity contribution in [3.05, 3.63) is 53.6 Å². The van der Waals surface area contributed by atoms with E-state index in [1.165, 1.54) is 12.1 Å². The van der Waals surface area contributed by atoms with Crippen molar-refractivity contribution in [2.75, 3.05) is 18.5 Å². The molecule has 0 saturated carbocycles. The van der Waals surface area contributed by atoms with E-state index in [0.29, 0.717) is 24.4 Å². The molecule has 7 heteroatoms. The number of hydrogen-bond donors (Lipinski definition) is 2. The average molecular weight is 376 g/mol. The highest BCUT2D eigenvalue weighted by Crippen LogP contribution is 2.17. The summed E-state index contributed by atoms with van der Waals surface area (Å²) in [6.45, 7) is 6.08. The highest BCUT2D eigenvalue weighted by atomic mass is 32.2. The lowest BCUT2D eigenvalue weighted by molar-refractivity contribution is -0.118. The molecule has 2 aromatic rings. The Morgan fingerprint density at radius 1 is 1.04 bits per heavy atom. The first-order valence-electron chi connectivity index (χ1n) is 8.41. The highest BCUT2D eigenvalue weighted by molar-refractivity contribution is 7.89. The fourth-order valence-corrected chi connectivity index (χ4v) is 3.53. The highest BCUT2D eigenvalue weighted by Gasteiger charge is 2.13. The van der Waals surface area contributed by atoms with Crippen LogP contribution in [-0.2, 0) is 14.8 Å². The second-order valence-corrected chi connectivity index (χ2v) is 7.85. The zero-order valence-corrected chi connectivity index (χ0v) is 16.0. The number of benzene rings is 2. The second kappa shape index (κ2) is 8.82. The Bertz CT molecular complexity index is 841. The standard InChI is InChI=1S/C19H24N2O4S/c1-4-9-20-26(23,24)18-7-5-16(6-8-18)21-19(22)13-25-17-11-14(2)10-15(3)12-17/h5-8,10-12,20H,4,9,13H2,1-3H3,(H,21,22). The van der Waals surface area contributed by atoms with Crippen molar-refractivity contribution in [3.63, 3.8) is 0 Å². The average Bonchev–Trinajstić information content (AvgIpc) is 2.58. The van der Waals surface area contributed by atoms with Gasteiger partial charge < -0.3 is 10.1 Å². The minimum absolute atomic E-state index is 0.124. The fraction of sp³-hybridized carbons (Fsp3) is 0.316. The summed E-state index contributed by atoms with van der Waals surface area (Å²) in [7, 11) is -3.51. The molecule has 0 spiro atoms. The summed E-state index contributed by atoms with van der Waals surface area (Å²) in [5.41, 5.74) is 2.64. The molecule has 2 aromatic carbocycles. The molecule has 2 N–H and O–H groups in total. The maximum Gasteiger partial charge on any atom is 0.262 e. The molecule has 0 heterocycles. The summed E-state index contributed by atoms with van der Waals surface area (Å²) >= 11 is 0. The van der Waals surface area contributed by atoms with Crippen molar-refractivity contribution >= 4 is 21.6 Å². The number of rotatable bonds is 8. The van der Waals surface area contributed by atoms with Gasteiger partial charge in [0.05, 0.1) is 4.90 Å². The molecule has 0 saturated heterocycles. The van der Waals surface area contributed by atoms with Crippen LogP contribution >= 0.6 is 0 Å². The molecule has 1 amide bonds. The smallest absolute Gasteiger partial charge is 0.262 e. The molecule has 0 radical (unpaired) electrons. The molecular weight excluding hydrogens is 352 g/mol. The molecule has 0 bridgehead atoms. The Balaban J connectivity index is 1.93. The Morgan fingerprint density at radius 3 is 2.23 bits per heavy atom. The molecule has 0 aliphatic carbocycles. The first-order chi connectivity index (χ1) is 12.3. The molecule has 2 rings (SSSR count). The zero-order valence-electron chi connectivity index (χ0n) is 15.2. The minimum atomic E-state index is -3.51. The van der Waals surface area contributed by atoms with Gasteiger partial charge >= 0.3 is 0 Å². The van der Waals surface area contributed by atoms with Crippen LogP contribution in [0.2, 0.25) is 0 Å². The number of nitrogens with one attached hydrogen (secondary N) is 2. The number of carbonyl (C=O) groups excluding carboxylic acids is 1. The van der Waals surface area contributed by atoms with Gasteiger partial charge in [-0.15, -0.1) is 0 Å². The number of anilines is 1. The third kappa shape index (κ3) is 5.86. The minimum Gasteiger partial charge on any atom is -0.484 e. The van der Waals surface area contributed by atoms with Crippen LogP contribution in [0.4, 0.5) is 5.69 Å². The van der Waals surface area contributed by atoms with Crippen LogP contribution in [0.3, 0.4) is 0 Å². The van der Waals surface area contributed by atoms with E-state index in [9.17, 15) is 13.2 Å². The first-order valence-corrected chi connectivity index (χ1v) is 9.89. The largest absolute Gasteiger partial charge is 0.484 e. The van der Waals surface area contributed by atoms with Gasteiger partial charge in [0.2, 0.25) is 10.0 Å². The molecule has 140 valence electrons. The summed E-state index contributed by atoms with van der Waals surface area (Å²) in [5, 5.41) is 2.68. The van der Waals surface area contributed by atoms with Gasteiger partial charge in [-0.1, -0.05) is 13.0 Å². The number of hydrogen-bond acceptors (Lipinski definition) is 4. The van der Waals surface area contributed by atoms with Gasteiger partial charge in [0.25, 0.3) is 5.91 Å². The molecule has 0 aliphatic rings. The zero-order chi connectivity index (χ0) is 19.2. The van der Waals surface area contributed by atoms with E-state index in [2.05, 4.69) is 10.0 Å². The summed E-state index contributed by atoms with van der Waals surface area (Å²) in [5.74, 6) is 0.324. The van der Waals surface area contributed by atoms with Crippen molar-refractivity contribution < 1.29 is 17.9 Å². The van der Waals surface area contributed by atoms with Crippen LogP contribution < -0.4 is 14.8 Å². The van der Waals surface area contributed by atoms with Crippen LogP contribution in [0.15, 0.2) is 47.4 Å². The van der Waals surface area contributed by atoms with Crippen LogP contribution in [0.5, 0.6) is 5.75 Å². The molecule has 26 heavy (non-hydrogen) atoms. The Labute approximate surface area is 154 Å². The van der Waals surface area contributed by atoms with Crippen LogP contribution in [0.1, 0.15) is 24.5 Å². The van der Waals surface area contributed by atoms with Gasteiger partial charge in [-0.05, 0) is 67.8 Å². The third-order valence-corrected chi connectivity index (χ3v) is 5.03. The van der Waals surface area contributed by atoms with E-state index in [0.717, 1.165) is 11.1 Å². The topological polar surface area (TPSA) is 84.5 Å². The van der Waals surface area contributed by atoms with E-state index in [4.69, 9.17) is 4.74 Å². The lowest BCUT2D eigenvalue weighted by atomic mass is 10.1. The summed E-state index contributed by atoms with van der Waals surface area (Å²) in [6, 6.07) is 11.8. The van der Waals surface area contributed by atoms with Gasteiger partial charge in [-0.25, -0.2) is 13.1 Å². The van der Waals surface area contributed by atoms with Crippen LogP contribution in [-0.4, -0.2) is 27.5 Å². The maximum atomic E-state index is 12.0. The Kier molecular flexibility index (Phi) is 6.76. The lowest BCUT2D eigenvalue weighted by Gasteiger charge is -2.10.